The van der Waals surface area contributed by atoms with Gasteiger partial charge in [-0.25, -0.2) is 0 Å². The maximum atomic E-state index is 13.2. The normalized spacial score (nSPS) is 13.6. The van der Waals surface area contributed by atoms with Crippen LogP contribution in [-0.2, 0) is 19.2 Å². The summed E-state index contributed by atoms with van der Waals surface area (Å²) in [5.41, 5.74) is 12.9. The fourth-order valence-corrected chi connectivity index (χ4v) is 4.19. The number of hydrogen-bond donors (Lipinski definition) is 6. The molecular weight excluding hydrogens is 540 g/mol. The van der Waals surface area contributed by atoms with Crippen molar-refractivity contribution >= 4 is 46.6 Å². The Morgan fingerprint density at radius 3 is 1.31 bits per heavy atom. The van der Waals surface area contributed by atoms with Crippen molar-refractivity contribution in [2.24, 2.45) is 23.3 Å². The highest BCUT2D eigenvalue weighted by molar-refractivity contribution is 6.29. The number of nitrogens with one attached hydrogen (secondary N) is 4. The molecule has 2 atom stereocenters. The van der Waals surface area contributed by atoms with Crippen molar-refractivity contribution in [1.29, 1.82) is 0 Å². The van der Waals surface area contributed by atoms with Crippen LogP contribution in [0.4, 0.5) is 11.4 Å². The van der Waals surface area contributed by atoms with E-state index < -0.39 is 23.7 Å². The molecule has 12 nitrogen and oxygen atoms in total. The summed E-state index contributed by atoms with van der Waals surface area (Å²) < 4.78 is 0. The monoisotopic (exact) mass is 578 g/mol. The third-order valence-electron chi connectivity index (χ3n) is 6.93. The molecule has 1 aliphatic rings. The van der Waals surface area contributed by atoms with Gasteiger partial charge in [0.2, 0.25) is 23.6 Å². The number of fused-ring (bicyclic) bond motifs is 2. The number of nitrogens with two attached hydrogens (primary N) is 2. The molecule has 0 bridgehead atoms. The van der Waals surface area contributed by atoms with Crippen molar-refractivity contribution in [3.05, 3.63) is 58.7 Å². The molecule has 3 rings (SSSR count). The fraction of sp³-hybridized carbons (Fsp3) is 0.400. The van der Waals surface area contributed by atoms with Crippen LogP contribution in [-0.4, -0.2) is 60.4 Å². The van der Waals surface area contributed by atoms with Crippen molar-refractivity contribution < 1.29 is 28.8 Å². The van der Waals surface area contributed by atoms with E-state index in [1.54, 1.807) is 0 Å². The van der Waals surface area contributed by atoms with Crippen molar-refractivity contribution in [2.45, 2.75) is 52.6 Å². The molecule has 0 aliphatic heterocycles. The van der Waals surface area contributed by atoms with Crippen LogP contribution in [0.1, 0.15) is 72.4 Å². The molecule has 12 heteroatoms. The van der Waals surface area contributed by atoms with Crippen molar-refractivity contribution in [2.75, 3.05) is 23.7 Å². The highest BCUT2D eigenvalue weighted by Gasteiger charge is 2.30. The number of rotatable bonds is 12. The van der Waals surface area contributed by atoms with Crippen LogP contribution in [0.2, 0.25) is 0 Å². The lowest BCUT2D eigenvalue weighted by Gasteiger charge is -2.19. The molecule has 0 radical (unpaired) electrons. The molecule has 2 aromatic carbocycles. The summed E-state index contributed by atoms with van der Waals surface area (Å²) in [5, 5.41) is 10.6. The van der Waals surface area contributed by atoms with E-state index in [9.17, 15) is 28.8 Å². The zero-order valence-electron chi connectivity index (χ0n) is 24.2. The number of anilines is 2. The van der Waals surface area contributed by atoms with Crippen LogP contribution < -0.4 is 32.7 Å². The highest BCUT2D eigenvalue weighted by Crippen LogP contribution is 2.31. The van der Waals surface area contributed by atoms with Gasteiger partial charge in [0.1, 0.15) is 0 Å². The Balaban J connectivity index is 1.60. The molecule has 224 valence electrons. The number of carbonyl (C=O) groups excluding carboxylic acids is 6. The van der Waals surface area contributed by atoms with E-state index in [1.807, 2.05) is 27.7 Å². The quantitative estimate of drug-likeness (QED) is 0.185. The van der Waals surface area contributed by atoms with Gasteiger partial charge in [0, 0.05) is 59.6 Å². The third-order valence-corrected chi connectivity index (χ3v) is 6.93. The summed E-state index contributed by atoms with van der Waals surface area (Å²) in [5.74, 6) is -2.31. The summed E-state index contributed by atoms with van der Waals surface area (Å²) in [6.07, 6.45) is -0.00853. The molecule has 0 heterocycles. The summed E-state index contributed by atoms with van der Waals surface area (Å²) in [4.78, 5) is 75.2. The first-order valence-electron chi connectivity index (χ1n) is 13.8. The molecule has 0 saturated carbocycles. The maximum absolute atomic E-state index is 13.2. The smallest absolute Gasteiger partial charge is 0.237 e. The Kier molecular flexibility index (Phi) is 10.7. The Hall–Kier alpha value is -4.42. The van der Waals surface area contributed by atoms with Crippen molar-refractivity contribution in [3.8, 4) is 0 Å². The van der Waals surface area contributed by atoms with E-state index in [4.69, 9.17) is 11.5 Å². The third kappa shape index (κ3) is 7.86. The van der Waals surface area contributed by atoms with Gasteiger partial charge in [-0.05, 0) is 48.2 Å². The van der Waals surface area contributed by atoms with Gasteiger partial charge in [-0.3, -0.25) is 28.8 Å². The number of benzene rings is 2. The lowest BCUT2D eigenvalue weighted by Crippen LogP contribution is -2.44. The molecule has 1 aliphatic carbocycles. The van der Waals surface area contributed by atoms with Crippen LogP contribution >= 0.6 is 0 Å². The van der Waals surface area contributed by atoms with Crippen molar-refractivity contribution in [3.63, 3.8) is 0 Å². The second kappa shape index (κ2) is 14.0. The standard InChI is InChI=1S/C30H38N6O6/c1-15(2)25(31)29(41)33-11-9-23(37)35-17-5-7-19-21(13-17)27(39)20-8-6-18(14-22(20)28(19)40)36-24(38)10-12-34-30(42)26(32)16(3)4/h5-8,13-16,25-26H,9-12,31-32H2,1-4H3,(H,33,41)(H,34,42)(H,35,37)(H,36,38)/t25-,26-/m0/s1. The van der Waals surface area contributed by atoms with E-state index in [2.05, 4.69) is 21.3 Å². The minimum Gasteiger partial charge on any atom is -0.354 e. The Morgan fingerprint density at radius 1 is 0.619 bits per heavy atom. The van der Waals surface area contributed by atoms with Gasteiger partial charge in [0.25, 0.3) is 0 Å². The molecule has 0 unspecified atom stereocenters. The lowest BCUT2D eigenvalue weighted by molar-refractivity contribution is -0.124. The minimum absolute atomic E-state index is 0.00427. The predicted octanol–water partition coefficient (Wildman–Crippen LogP) is 1.32. The van der Waals surface area contributed by atoms with Crippen LogP contribution in [0.15, 0.2) is 36.4 Å². The molecular formula is C30H38N6O6. The van der Waals surface area contributed by atoms with Crippen LogP contribution in [0.3, 0.4) is 0 Å². The molecule has 0 saturated heterocycles. The van der Waals surface area contributed by atoms with Gasteiger partial charge in [0.15, 0.2) is 11.6 Å². The molecule has 8 N–H and O–H groups in total. The zero-order valence-corrected chi connectivity index (χ0v) is 24.2. The first-order chi connectivity index (χ1) is 19.8. The fourth-order valence-electron chi connectivity index (χ4n) is 4.19. The maximum Gasteiger partial charge on any atom is 0.237 e. The molecule has 2 aromatic rings. The predicted molar refractivity (Wildman–Crippen MR) is 158 cm³/mol. The summed E-state index contributed by atoms with van der Waals surface area (Å²) in [6, 6.07) is 7.52. The van der Waals surface area contributed by atoms with Crippen molar-refractivity contribution in [1.82, 2.24) is 10.6 Å². The first kappa shape index (κ1) is 32.1. The summed E-state index contributed by atoms with van der Waals surface area (Å²) in [6.45, 7) is 7.50. The van der Waals surface area contributed by atoms with Gasteiger partial charge >= 0.3 is 0 Å². The largest absolute Gasteiger partial charge is 0.354 e. The number of hydrogen-bond acceptors (Lipinski definition) is 8. The second-order valence-electron chi connectivity index (χ2n) is 10.9. The number of carbonyl (C=O) groups is 6. The summed E-state index contributed by atoms with van der Waals surface area (Å²) >= 11 is 0. The van der Waals surface area contributed by atoms with E-state index >= 15 is 0 Å². The first-order valence-corrected chi connectivity index (χ1v) is 13.8. The molecule has 0 spiro atoms. The molecule has 0 fully saturated rings. The number of ketones is 2. The van der Waals surface area contributed by atoms with Gasteiger partial charge in [-0.2, -0.15) is 0 Å². The van der Waals surface area contributed by atoms with Crippen LogP contribution in [0.5, 0.6) is 0 Å². The van der Waals surface area contributed by atoms with Gasteiger partial charge in [-0.1, -0.05) is 27.7 Å². The summed E-state index contributed by atoms with van der Waals surface area (Å²) in [7, 11) is 0. The average Bonchev–Trinajstić information content (AvgIpc) is 2.94. The molecule has 42 heavy (non-hydrogen) atoms. The Bertz CT molecular complexity index is 1300. The van der Waals surface area contributed by atoms with Gasteiger partial charge in [0.05, 0.1) is 12.1 Å². The second-order valence-corrected chi connectivity index (χ2v) is 10.9. The van der Waals surface area contributed by atoms with Gasteiger partial charge < -0.3 is 32.7 Å². The molecule has 0 aromatic heterocycles. The van der Waals surface area contributed by atoms with Crippen LogP contribution in [0, 0.1) is 11.8 Å². The van der Waals surface area contributed by atoms with E-state index in [0.29, 0.717) is 11.4 Å². The molecule has 4 amide bonds. The van der Waals surface area contributed by atoms with E-state index in [0.717, 1.165) is 0 Å². The number of amides is 4. The Labute approximate surface area is 244 Å². The SMILES string of the molecule is CC(C)[C@H](N)C(=O)NCCC(=O)Nc1ccc2c(c1)C(=O)c1ccc(NC(=O)CCNC(=O)[C@@H](N)C(C)C)cc1C2=O. The van der Waals surface area contributed by atoms with Gasteiger partial charge in [-0.15, -0.1) is 0 Å². The average molecular weight is 579 g/mol. The van der Waals surface area contributed by atoms with E-state index in [1.165, 1.54) is 36.4 Å². The van der Waals surface area contributed by atoms with E-state index in [-0.39, 0.29) is 83.6 Å². The lowest BCUT2D eigenvalue weighted by atomic mass is 9.83. The van der Waals surface area contributed by atoms with Crippen LogP contribution in [0.25, 0.3) is 0 Å². The highest BCUT2D eigenvalue weighted by atomic mass is 16.2. The topological polar surface area (TPSA) is 203 Å². The zero-order chi connectivity index (χ0) is 31.1. The Morgan fingerprint density at radius 2 is 0.976 bits per heavy atom. The minimum atomic E-state index is -0.666.